The first-order valence-corrected chi connectivity index (χ1v) is 6.25. The van der Waals surface area contributed by atoms with Gasteiger partial charge in [-0.1, -0.05) is 12.5 Å². The molecule has 0 heterocycles. The van der Waals surface area contributed by atoms with Crippen molar-refractivity contribution < 1.29 is 15.0 Å². The maximum Gasteiger partial charge on any atom is 0.312 e. The first kappa shape index (κ1) is 14.2. The molecule has 2 unspecified atom stereocenters. The van der Waals surface area contributed by atoms with E-state index in [0.717, 1.165) is 24.0 Å². The van der Waals surface area contributed by atoms with E-state index < -0.39 is 17.0 Å². The van der Waals surface area contributed by atoms with Crippen LogP contribution in [0.4, 0.5) is 0 Å². The summed E-state index contributed by atoms with van der Waals surface area (Å²) in [6, 6.07) is 0. The standard InChI is InChI=1S/C14H24O3/c1-9(2)11-7-6-10(3)8-14(11,17)13(4,5)12(15)16/h10,17H,6-8H2,1-5H3,(H,15,16). The Morgan fingerprint density at radius 2 is 1.94 bits per heavy atom. The Balaban J connectivity index is 3.29. The Kier molecular flexibility index (Phi) is 3.72. The summed E-state index contributed by atoms with van der Waals surface area (Å²) in [7, 11) is 0. The normalized spacial score (nSPS) is 30.2. The summed E-state index contributed by atoms with van der Waals surface area (Å²) in [5.74, 6) is -0.574. The molecule has 1 fully saturated rings. The van der Waals surface area contributed by atoms with Crippen LogP contribution in [0.15, 0.2) is 11.1 Å². The molecule has 0 aromatic heterocycles. The summed E-state index contributed by atoms with van der Waals surface area (Å²) in [6.45, 7) is 9.22. The van der Waals surface area contributed by atoms with Crippen molar-refractivity contribution in [2.45, 2.75) is 59.5 Å². The molecule has 1 aliphatic carbocycles. The molecule has 98 valence electrons. The topological polar surface area (TPSA) is 57.5 Å². The van der Waals surface area contributed by atoms with Crippen LogP contribution in [0.2, 0.25) is 0 Å². The van der Waals surface area contributed by atoms with E-state index in [4.69, 9.17) is 0 Å². The molecule has 2 N–H and O–H groups in total. The third-order valence-corrected chi connectivity index (χ3v) is 4.20. The van der Waals surface area contributed by atoms with Crippen molar-refractivity contribution in [3.05, 3.63) is 11.1 Å². The summed E-state index contributed by atoms with van der Waals surface area (Å²) >= 11 is 0. The average Bonchev–Trinajstić information content (AvgIpc) is 2.16. The molecule has 3 heteroatoms. The predicted molar refractivity (Wildman–Crippen MR) is 67.8 cm³/mol. The van der Waals surface area contributed by atoms with E-state index in [1.807, 2.05) is 13.8 Å². The van der Waals surface area contributed by atoms with Gasteiger partial charge in [0.25, 0.3) is 0 Å². The first-order valence-electron chi connectivity index (χ1n) is 6.25. The molecule has 1 saturated carbocycles. The van der Waals surface area contributed by atoms with Crippen LogP contribution in [0.5, 0.6) is 0 Å². The van der Waals surface area contributed by atoms with Gasteiger partial charge in [0, 0.05) is 0 Å². The zero-order valence-corrected chi connectivity index (χ0v) is 11.5. The van der Waals surface area contributed by atoms with Gasteiger partial charge in [-0.3, -0.25) is 4.79 Å². The van der Waals surface area contributed by atoms with Crippen molar-refractivity contribution in [1.82, 2.24) is 0 Å². The minimum absolute atomic E-state index is 0.363. The molecular formula is C14H24O3. The van der Waals surface area contributed by atoms with Gasteiger partial charge in [0.2, 0.25) is 0 Å². The summed E-state index contributed by atoms with van der Waals surface area (Å²) in [4.78, 5) is 11.4. The minimum Gasteiger partial charge on any atom is -0.481 e. The lowest BCUT2D eigenvalue weighted by atomic mass is 9.61. The van der Waals surface area contributed by atoms with E-state index in [1.165, 1.54) is 0 Å². The average molecular weight is 240 g/mol. The van der Waals surface area contributed by atoms with Crippen LogP contribution >= 0.6 is 0 Å². The van der Waals surface area contributed by atoms with E-state index in [-0.39, 0.29) is 0 Å². The van der Waals surface area contributed by atoms with Crippen molar-refractivity contribution >= 4 is 5.97 Å². The number of allylic oxidation sites excluding steroid dienone is 1. The second-order valence-corrected chi connectivity index (χ2v) is 6.12. The third kappa shape index (κ3) is 2.25. The fourth-order valence-electron chi connectivity index (χ4n) is 2.80. The lowest BCUT2D eigenvalue weighted by Crippen LogP contribution is -2.53. The molecule has 0 aromatic carbocycles. The Morgan fingerprint density at radius 1 is 1.41 bits per heavy atom. The largest absolute Gasteiger partial charge is 0.481 e. The van der Waals surface area contributed by atoms with Crippen molar-refractivity contribution in [2.24, 2.45) is 11.3 Å². The van der Waals surface area contributed by atoms with Gasteiger partial charge in [-0.15, -0.1) is 0 Å². The van der Waals surface area contributed by atoms with Crippen molar-refractivity contribution in [1.29, 1.82) is 0 Å². The van der Waals surface area contributed by atoms with E-state index in [2.05, 4.69) is 6.92 Å². The number of carboxylic acids is 1. The highest BCUT2D eigenvalue weighted by Gasteiger charge is 2.53. The number of carbonyl (C=O) groups is 1. The minimum atomic E-state index is -1.21. The molecular weight excluding hydrogens is 216 g/mol. The highest BCUT2D eigenvalue weighted by atomic mass is 16.4. The van der Waals surface area contributed by atoms with Gasteiger partial charge in [-0.25, -0.2) is 0 Å². The molecule has 0 saturated heterocycles. The maximum absolute atomic E-state index is 11.4. The van der Waals surface area contributed by atoms with E-state index >= 15 is 0 Å². The van der Waals surface area contributed by atoms with Crippen molar-refractivity contribution in [3.8, 4) is 0 Å². The molecule has 0 spiro atoms. The van der Waals surface area contributed by atoms with E-state index in [9.17, 15) is 15.0 Å². The number of aliphatic carboxylic acids is 1. The van der Waals surface area contributed by atoms with Gasteiger partial charge in [0.15, 0.2) is 0 Å². The molecule has 0 bridgehead atoms. The Labute approximate surface area is 104 Å². The zero-order valence-electron chi connectivity index (χ0n) is 11.5. The quantitative estimate of drug-likeness (QED) is 0.729. The molecule has 2 atom stereocenters. The summed E-state index contributed by atoms with van der Waals surface area (Å²) in [5.41, 5.74) is -0.388. The number of hydrogen-bond acceptors (Lipinski definition) is 2. The maximum atomic E-state index is 11.4. The number of aliphatic hydroxyl groups is 1. The second-order valence-electron chi connectivity index (χ2n) is 6.12. The third-order valence-electron chi connectivity index (χ3n) is 4.20. The van der Waals surface area contributed by atoms with Gasteiger partial charge in [0.1, 0.15) is 5.60 Å². The molecule has 0 amide bonds. The highest BCUT2D eigenvalue weighted by molar-refractivity contribution is 5.76. The Bertz CT molecular complexity index is 350. The lowest BCUT2D eigenvalue weighted by Gasteiger charge is -2.47. The molecule has 0 aromatic rings. The van der Waals surface area contributed by atoms with Crippen molar-refractivity contribution in [3.63, 3.8) is 0 Å². The van der Waals surface area contributed by atoms with Gasteiger partial charge in [-0.05, 0) is 58.4 Å². The van der Waals surface area contributed by atoms with Gasteiger partial charge >= 0.3 is 5.97 Å². The summed E-state index contributed by atoms with van der Waals surface area (Å²) in [6.07, 6.45) is 2.36. The van der Waals surface area contributed by atoms with Crippen LogP contribution < -0.4 is 0 Å². The van der Waals surface area contributed by atoms with Crippen molar-refractivity contribution in [2.75, 3.05) is 0 Å². The van der Waals surface area contributed by atoms with Crippen LogP contribution in [0.25, 0.3) is 0 Å². The first-order chi connectivity index (χ1) is 7.63. The SMILES string of the molecule is CC(C)=C1CCC(C)CC1(O)C(C)(C)C(=O)O. The Morgan fingerprint density at radius 3 is 2.35 bits per heavy atom. The van der Waals surface area contributed by atoms with Gasteiger partial charge in [-0.2, -0.15) is 0 Å². The van der Waals surface area contributed by atoms with Gasteiger partial charge in [0.05, 0.1) is 5.41 Å². The fraction of sp³-hybridized carbons (Fsp3) is 0.786. The fourth-order valence-corrected chi connectivity index (χ4v) is 2.80. The van der Waals surface area contributed by atoms with E-state index in [1.54, 1.807) is 13.8 Å². The summed E-state index contributed by atoms with van der Waals surface area (Å²) < 4.78 is 0. The smallest absolute Gasteiger partial charge is 0.312 e. The molecule has 3 nitrogen and oxygen atoms in total. The van der Waals surface area contributed by atoms with Gasteiger partial charge < -0.3 is 10.2 Å². The van der Waals surface area contributed by atoms with Crippen LogP contribution in [0, 0.1) is 11.3 Å². The number of carboxylic acid groups (broad SMARTS) is 1. The van der Waals surface area contributed by atoms with E-state index in [0.29, 0.717) is 12.3 Å². The molecule has 1 rings (SSSR count). The molecule has 0 radical (unpaired) electrons. The van der Waals surface area contributed by atoms with Crippen LogP contribution in [0.1, 0.15) is 53.9 Å². The molecule has 17 heavy (non-hydrogen) atoms. The molecule has 0 aliphatic heterocycles. The zero-order chi connectivity index (χ0) is 13.4. The second kappa shape index (κ2) is 4.45. The molecule has 1 aliphatic rings. The predicted octanol–water partition coefficient (Wildman–Crippen LogP) is 2.98. The summed E-state index contributed by atoms with van der Waals surface area (Å²) in [5, 5.41) is 20.3. The lowest BCUT2D eigenvalue weighted by molar-refractivity contribution is -0.163. The number of hydrogen-bond donors (Lipinski definition) is 2. The van der Waals surface area contributed by atoms with Crippen LogP contribution in [-0.4, -0.2) is 21.8 Å². The highest BCUT2D eigenvalue weighted by Crippen LogP contribution is 2.48. The monoisotopic (exact) mass is 240 g/mol. The van der Waals surface area contributed by atoms with Crippen LogP contribution in [0.3, 0.4) is 0 Å². The Hall–Kier alpha value is -0.830. The number of rotatable bonds is 2. The van der Waals surface area contributed by atoms with Crippen LogP contribution in [-0.2, 0) is 4.79 Å².